The van der Waals surface area contributed by atoms with E-state index in [1.807, 2.05) is 6.07 Å². The molecule has 2 aliphatic rings. The van der Waals surface area contributed by atoms with Crippen LogP contribution in [0.15, 0.2) is 30.3 Å². The van der Waals surface area contributed by atoms with Gasteiger partial charge in [0.05, 0.1) is 31.1 Å². The molecule has 1 saturated heterocycles. The van der Waals surface area contributed by atoms with Crippen LogP contribution in [0.2, 0.25) is 0 Å². The topological polar surface area (TPSA) is 84.9 Å². The van der Waals surface area contributed by atoms with E-state index in [1.165, 1.54) is 12.7 Å². The molecule has 1 heterocycles. The van der Waals surface area contributed by atoms with E-state index in [2.05, 4.69) is 29.0 Å². The summed E-state index contributed by atoms with van der Waals surface area (Å²) in [6.07, 6.45) is 4.32. The fourth-order valence-corrected chi connectivity index (χ4v) is 5.38. The van der Waals surface area contributed by atoms with Gasteiger partial charge in [0.1, 0.15) is 0 Å². The quantitative estimate of drug-likeness (QED) is 0.706. The summed E-state index contributed by atoms with van der Waals surface area (Å²) >= 11 is 0. The Labute approximate surface area is 180 Å². The number of carbonyl (C=O) groups is 1. The maximum Gasteiger partial charge on any atom is 0.409 e. The van der Waals surface area contributed by atoms with Gasteiger partial charge in [-0.3, -0.25) is 0 Å². The smallest absolute Gasteiger partial charge is 0.409 e. The van der Waals surface area contributed by atoms with Crippen LogP contribution in [0.5, 0.6) is 0 Å². The highest BCUT2D eigenvalue weighted by Crippen LogP contribution is 2.34. The average molecular weight is 439 g/mol. The van der Waals surface area contributed by atoms with Crippen molar-refractivity contribution in [2.24, 2.45) is 0 Å². The van der Waals surface area contributed by atoms with Gasteiger partial charge in [0, 0.05) is 12.6 Å². The number of carbonyl (C=O) groups excluding carboxylic acids is 1. The SMILES string of the molecule is COC(=O)N1CC[C@H](NS(=O)(=O)C(C)C)C1COC1CCC(c2ccccc2)CC1. The molecule has 2 fully saturated rings. The zero-order valence-corrected chi connectivity index (χ0v) is 18.9. The first-order valence-corrected chi connectivity index (χ1v) is 12.4. The molecule has 1 aliphatic carbocycles. The predicted molar refractivity (Wildman–Crippen MR) is 116 cm³/mol. The van der Waals surface area contributed by atoms with Crippen molar-refractivity contribution < 1.29 is 22.7 Å². The lowest BCUT2D eigenvalue weighted by atomic mass is 9.83. The molecule has 8 heteroatoms. The van der Waals surface area contributed by atoms with Gasteiger partial charge in [-0.2, -0.15) is 0 Å². The molecule has 168 valence electrons. The molecular formula is C22H34N2O5S. The number of ether oxygens (including phenoxy) is 2. The molecule has 1 N–H and O–H groups in total. The third-order valence-corrected chi connectivity index (χ3v) is 8.21. The molecule has 7 nitrogen and oxygen atoms in total. The van der Waals surface area contributed by atoms with E-state index in [4.69, 9.17) is 9.47 Å². The summed E-state index contributed by atoms with van der Waals surface area (Å²) in [7, 11) is -2.09. The minimum Gasteiger partial charge on any atom is -0.453 e. The van der Waals surface area contributed by atoms with Gasteiger partial charge in [-0.1, -0.05) is 30.3 Å². The lowest BCUT2D eigenvalue weighted by Gasteiger charge is -2.32. The molecule has 3 rings (SSSR count). The van der Waals surface area contributed by atoms with Crippen molar-refractivity contribution in [1.82, 2.24) is 9.62 Å². The number of amides is 1. The number of likely N-dealkylation sites (tertiary alicyclic amines) is 1. The van der Waals surface area contributed by atoms with Gasteiger partial charge < -0.3 is 14.4 Å². The first-order valence-electron chi connectivity index (χ1n) is 10.8. The van der Waals surface area contributed by atoms with Crippen molar-refractivity contribution in [2.75, 3.05) is 20.3 Å². The maximum atomic E-state index is 12.4. The van der Waals surface area contributed by atoms with E-state index < -0.39 is 21.4 Å². The fraction of sp³-hybridized carbons (Fsp3) is 0.682. The van der Waals surface area contributed by atoms with Gasteiger partial charge in [0.2, 0.25) is 10.0 Å². The molecule has 1 unspecified atom stereocenters. The Morgan fingerprint density at radius 1 is 1.13 bits per heavy atom. The van der Waals surface area contributed by atoms with E-state index >= 15 is 0 Å². The van der Waals surface area contributed by atoms with Crippen molar-refractivity contribution in [3.05, 3.63) is 35.9 Å². The van der Waals surface area contributed by atoms with Crippen LogP contribution in [0.4, 0.5) is 4.79 Å². The molecule has 1 amide bonds. The monoisotopic (exact) mass is 438 g/mol. The van der Waals surface area contributed by atoms with E-state index in [0.29, 0.717) is 25.5 Å². The summed E-state index contributed by atoms with van der Waals surface area (Å²) < 4.78 is 38.6. The number of nitrogens with zero attached hydrogens (tertiary/aromatic N) is 1. The average Bonchev–Trinajstić information content (AvgIpc) is 3.14. The van der Waals surface area contributed by atoms with E-state index in [0.717, 1.165) is 25.7 Å². The third kappa shape index (κ3) is 5.53. The van der Waals surface area contributed by atoms with E-state index in [1.54, 1.807) is 18.7 Å². The van der Waals surface area contributed by atoms with E-state index in [-0.39, 0.29) is 18.2 Å². The minimum atomic E-state index is -3.44. The van der Waals surface area contributed by atoms with Gasteiger partial charge >= 0.3 is 6.09 Å². The van der Waals surface area contributed by atoms with Gasteiger partial charge in [-0.15, -0.1) is 0 Å². The molecule has 2 atom stereocenters. The highest BCUT2D eigenvalue weighted by molar-refractivity contribution is 7.90. The first kappa shape index (κ1) is 23.0. The van der Waals surface area contributed by atoms with Gasteiger partial charge in [-0.25, -0.2) is 17.9 Å². The Balaban J connectivity index is 1.58. The normalized spacial score (nSPS) is 27.4. The zero-order valence-electron chi connectivity index (χ0n) is 18.1. The van der Waals surface area contributed by atoms with Gasteiger partial charge in [-0.05, 0) is 57.4 Å². The summed E-state index contributed by atoms with van der Waals surface area (Å²) in [5.74, 6) is 0.565. The van der Waals surface area contributed by atoms with Crippen molar-refractivity contribution in [1.29, 1.82) is 0 Å². The molecule has 30 heavy (non-hydrogen) atoms. The second-order valence-corrected chi connectivity index (χ2v) is 10.8. The number of rotatable bonds is 7. The van der Waals surface area contributed by atoms with Crippen LogP contribution in [-0.4, -0.2) is 63.1 Å². The molecule has 1 aromatic rings. The molecule has 0 aromatic heterocycles. The van der Waals surface area contributed by atoms with Gasteiger partial charge in [0.25, 0.3) is 0 Å². The summed E-state index contributed by atoms with van der Waals surface area (Å²) in [4.78, 5) is 13.8. The second-order valence-electron chi connectivity index (χ2n) is 8.56. The largest absolute Gasteiger partial charge is 0.453 e. The minimum absolute atomic E-state index is 0.132. The Morgan fingerprint density at radius 2 is 1.80 bits per heavy atom. The maximum absolute atomic E-state index is 12.4. The summed E-state index contributed by atoms with van der Waals surface area (Å²) in [5.41, 5.74) is 1.38. The van der Waals surface area contributed by atoms with Crippen LogP contribution in [0.1, 0.15) is 57.4 Å². The lowest BCUT2D eigenvalue weighted by Crippen LogP contribution is -2.50. The Kier molecular flexibility index (Phi) is 7.76. The van der Waals surface area contributed by atoms with Gasteiger partial charge in [0.15, 0.2) is 0 Å². The number of sulfonamides is 1. The standard InChI is InChI=1S/C22H34N2O5S/c1-16(2)30(26,27)23-20-13-14-24(22(25)28-3)21(20)15-29-19-11-9-18(10-12-19)17-7-5-4-6-8-17/h4-8,16,18-21,23H,9-15H2,1-3H3/t18?,19?,20-,21?/m0/s1. The van der Waals surface area contributed by atoms with Crippen molar-refractivity contribution in [3.8, 4) is 0 Å². The van der Waals surface area contributed by atoms with Crippen molar-refractivity contribution in [2.45, 2.75) is 75.3 Å². The number of methoxy groups -OCH3 is 1. The molecule has 1 aromatic carbocycles. The highest BCUT2D eigenvalue weighted by atomic mass is 32.2. The summed E-state index contributed by atoms with van der Waals surface area (Å²) in [6.45, 7) is 4.05. The van der Waals surface area contributed by atoms with Crippen LogP contribution in [0, 0.1) is 0 Å². The Bertz CT molecular complexity index is 791. The van der Waals surface area contributed by atoms with E-state index in [9.17, 15) is 13.2 Å². The van der Waals surface area contributed by atoms with Crippen LogP contribution in [0.25, 0.3) is 0 Å². The Morgan fingerprint density at radius 3 is 2.40 bits per heavy atom. The van der Waals surface area contributed by atoms with Crippen molar-refractivity contribution >= 4 is 16.1 Å². The molecule has 1 aliphatic heterocycles. The highest BCUT2D eigenvalue weighted by Gasteiger charge is 2.40. The number of hydrogen-bond donors (Lipinski definition) is 1. The van der Waals surface area contributed by atoms with Crippen LogP contribution < -0.4 is 4.72 Å². The summed E-state index contributed by atoms with van der Waals surface area (Å²) in [5, 5.41) is -0.528. The first-order chi connectivity index (χ1) is 14.3. The molecule has 0 radical (unpaired) electrons. The Hall–Kier alpha value is -1.64. The predicted octanol–water partition coefficient (Wildman–Crippen LogP) is 3.27. The molecule has 1 saturated carbocycles. The molecule has 0 spiro atoms. The number of hydrogen-bond acceptors (Lipinski definition) is 5. The zero-order chi connectivity index (χ0) is 21.7. The van der Waals surface area contributed by atoms with Crippen LogP contribution >= 0.6 is 0 Å². The molecule has 0 bridgehead atoms. The number of benzene rings is 1. The lowest BCUT2D eigenvalue weighted by molar-refractivity contribution is -0.00536. The van der Waals surface area contributed by atoms with Crippen LogP contribution in [0.3, 0.4) is 0 Å². The molecular weight excluding hydrogens is 404 g/mol. The fourth-order valence-electron chi connectivity index (χ4n) is 4.41. The van der Waals surface area contributed by atoms with Crippen molar-refractivity contribution in [3.63, 3.8) is 0 Å². The second kappa shape index (κ2) is 10.1. The third-order valence-electron chi connectivity index (χ3n) is 6.34. The number of nitrogens with one attached hydrogen (secondary N) is 1. The van der Waals surface area contributed by atoms with Crippen LogP contribution in [-0.2, 0) is 19.5 Å². The summed E-state index contributed by atoms with van der Waals surface area (Å²) in [6, 6.07) is 9.84.